The van der Waals surface area contributed by atoms with Crippen LogP contribution in [-0.4, -0.2) is 20.9 Å². The minimum Gasteiger partial charge on any atom is -0.322 e. The van der Waals surface area contributed by atoms with Crippen LogP contribution in [0, 0.1) is 0 Å². The van der Waals surface area contributed by atoms with E-state index in [-0.39, 0.29) is 10.8 Å². The van der Waals surface area contributed by atoms with Crippen LogP contribution >= 0.6 is 0 Å². The predicted octanol–water partition coefficient (Wildman–Crippen LogP) is 4.25. The average Bonchev–Trinajstić information content (AvgIpc) is 2.75. The number of anilines is 1. The van der Waals surface area contributed by atoms with E-state index in [1.165, 1.54) is 12.1 Å². The zero-order chi connectivity index (χ0) is 21.4. The second-order valence-corrected chi connectivity index (χ2v) is 8.62. The normalized spacial score (nSPS) is 11.8. The van der Waals surface area contributed by atoms with Crippen molar-refractivity contribution < 1.29 is 13.2 Å². The zero-order valence-corrected chi connectivity index (χ0v) is 17.5. The summed E-state index contributed by atoms with van der Waals surface area (Å²) in [5.41, 5.74) is 3.09. The van der Waals surface area contributed by atoms with E-state index >= 15 is 0 Å². The lowest BCUT2D eigenvalue weighted by Gasteiger charge is -2.09. The second kappa shape index (κ2) is 10.0. The van der Waals surface area contributed by atoms with E-state index in [0.29, 0.717) is 24.2 Å². The Morgan fingerprint density at radius 2 is 1.47 bits per heavy atom. The predicted molar refractivity (Wildman–Crippen MR) is 120 cm³/mol. The summed E-state index contributed by atoms with van der Waals surface area (Å²) in [6.45, 7) is 2.05. The molecule has 0 heterocycles. The third kappa shape index (κ3) is 6.14. The van der Waals surface area contributed by atoms with Crippen LogP contribution in [-0.2, 0) is 21.2 Å². The van der Waals surface area contributed by atoms with E-state index < -0.39 is 10.0 Å². The molecule has 0 unspecified atom stereocenters. The maximum Gasteiger partial charge on any atom is 0.251 e. The lowest BCUT2D eigenvalue weighted by molar-refractivity contribution is -0.112. The molecule has 30 heavy (non-hydrogen) atoms. The number of hydrogen-bond donors (Lipinski definition) is 2. The molecule has 0 aliphatic heterocycles. The van der Waals surface area contributed by atoms with Gasteiger partial charge in [0.15, 0.2) is 0 Å². The lowest BCUT2D eigenvalue weighted by atomic mass is 10.1. The van der Waals surface area contributed by atoms with Gasteiger partial charge in [-0.25, -0.2) is 13.1 Å². The first-order chi connectivity index (χ1) is 14.4. The Morgan fingerprint density at radius 3 is 2.10 bits per heavy atom. The van der Waals surface area contributed by atoms with Crippen LogP contribution in [0.15, 0.2) is 95.4 Å². The molecule has 0 aliphatic carbocycles. The second-order valence-electron chi connectivity index (χ2n) is 6.85. The van der Waals surface area contributed by atoms with Gasteiger partial charge in [0.25, 0.3) is 5.91 Å². The van der Waals surface area contributed by atoms with Crippen LogP contribution in [0.5, 0.6) is 0 Å². The third-order valence-electron chi connectivity index (χ3n) is 4.51. The van der Waals surface area contributed by atoms with E-state index in [0.717, 1.165) is 11.1 Å². The fourth-order valence-electron chi connectivity index (χ4n) is 2.87. The van der Waals surface area contributed by atoms with Crippen LogP contribution in [0.25, 0.3) is 6.08 Å². The summed E-state index contributed by atoms with van der Waals surface area (Å²) in [4.78, 5) is 12.5. The molecule has 0 spiro atoms. The van der Waals surface area contributed by atoms with E-state index in [1.54, 1.807) is 25.1 Å². The Bertz CT molecular complexity index is 1110. The standard InChI is InChI=1S/C24H24N2O3S/c1-19(18-21-10-6-3-7-11-21)24(27)26-22-12-14-23(15-13-22)30(28,29)25-17-16-20-8-4-2-5-9-20/h2-15,18,25H,16-17H2,1H3,(H,26,27). The van der Waals surface area contributed by atoms with Crippen molar-refractivity contribution in [2.45, 2.75) is 18.2 Å². The molecule has 5 nitrogen and oxygen atoms in total. The van der Waals surface area contributed by atoms with Gasteiger partial charge in [-0.2, -0.15) is 0 Å². The van der Waals surface area contributed by atoms with Crippen LogP contribution < -0.4 is 10.0 Å². The minimum absolute atomic E-state index is 0.158. The maximum atomic E-state index is 12.5. The molecule has 0 bridgehead atoms. The van der Waals surface area contributed by atoms with Crippen LogP contribution in [0.2, 0.25) is 0 Å². The highest BCUT2D eigenvalue weighted by molar-refractivity contribution is 7.89. The average molecular weight is 421 g/mol. The number of sulfonamides is 1. The summed E-state index contributed by atoms with van der Waals surface area (Å²) in [6.07, 6.45) is 2.41. The molecule has 0 aromatic heterocycles. The van der Waals surface area contributed by atoms with Crippen molar-refractivity contribution in [2.75, 3.05) is 11.9 Å². The first kappa shape index (κ1) is 21.5. The Balaban J connectivity index is 1.58. The van der Waals surface area contributed by atoms with Gasteiger partial charge in [0, 0.05) is 17.8 Å². The van der Waals surface area contributed by atoms with Crippen LogP contribution in [0.1, 0.15) is 18.1 Å². The van der Waals surface area contributed by atoms with Crippen LogP contribution in [0.3, 0.4) is 0 Å². The molecule has 3 aromatic carbocycles. The zero-order valence-electron chi connectivity index (χ0n) is 16.7. The van der Waals surface area contributed by atoms with Crippen LogP contribution in [0.4, 0.5) is 5.69 Å². The topological polar surface area (TPSA) is 75.3 Å². The molecule has 3 rings (SSSR count). The number of carbonyl (C=O) groups excluding carboxylic acids is 1. The largest absolute Gasteiger partial charge is 0.322 e. The van der Waals surface area contributed by atoms with Gasteiger partial charge in [-0.05, 0) is 54.8 Å². The molecule has 1 amide bonds. The van der Waals surface area contributed by atoms with Gasteiger partial charge in [0.2, 0.25) is 10.0 Å². The molecular formula is C24H24N2O3S. The van der Waals surface area contributed by atoms with Crippen molar-refractivity contribution in [2.24, 2.45) is 0 Å². The number of nitrogens with one attached hydrogen (secondary N) is 2. The summed E-state index contributed by atoms with van der Waals surface area (Å²) in [5, 5.41) is 2.78. The van der Waals surface area contributed by atoms with Gasteiger partial charge < -0.3 is 5.32 Å². The van der Waals surface area contributed by atoms with E-state index in [2.05, 4.69) is 10.0 Å². The highest BCUT2D eigenvalue weighted by Gasteiger charge is 2.14. The Kier molecular flexibility index (Phi) is 7.17. The summed E-state index contributed by atoms with van der Waals surface area (Å²) < 4.78 is 27.5. The molecule has 0 fully saturated rings. The lowest BCUT2D eigenvalue weighted by Crippen LogP contribution is -2.26. The quantitative estimate of drug-likeness (QED) is 0.535. The van der Waals surface area contributed by atoms with E-state index in [4.69, 9.17) is 0 Å². The summed E-state index contributed by atoms with van der Waals surface area (Å²) in [5.74, 6) is -0.240. The van der Waals surface area contributed by atoms with Crippen molar-refractivity contribution >= 4 is 27.7 Å². The minimum atomic E-state index is -3.61. The number of amides is 1. The smallest absolute Gasteiger partial charge is 0.251 e. The number of rotatable bonds is 8. The molecule has 0 saturated carbocycles. The number of benzene rings is 3. The molecule has 0 aliphatic rings. The molecule has 0 saturated heterocycles. The summed E-state index contributed by atoms with van der Waals surface area (Å²) in [7, 11) is -3.61. The van der Waals surface area contributed by atoms with E-state index in [1.807, 2.05) is 60.7 Å². The molecule has 2 N–H and O–H groups in total. The SMILES string of the molecule is CC(=Cc1ccccc1)C(=O)Nc1ccc(S(=O)(=O)NCCc2ccccc2)cc1. The summed E-state index contributed by atoms with van der Waals surface area (Å²) >= 11 is 0. The van der Waals surface area contributed by atoms with Crippen molar-refractivity contribution in [1.82, 2.24) is 4.72 Å². The van der Waals surface area contributed by atoms with Gasteiger partial charge >= 0.3 is 0 Å². The van der Waals surface area contributed by atoms with Crippen molar-refractivity contribution in [3.05, 3.63) is 102 Å². The number of hydrogen-bond acceptors (Lipinski definition) is 3. The van der Waals surface area contributed by atoms with Crippen molar-refractivity contribution in [1.29, 1.82) is 0 Å². The fourth-order valence-corrected chi connectivity index (χ4v) is 3.90. The maximum absolute atomic E-state index is 12.5. The van der Waals surface area contributed by atoms with Gasteiger partial charge in [0.05, 0.1) is 4.90 Å². The Labute approximate surface area is 177 Å². The molecule has 154 valence electrons. The molecule has 0 radical (unpaired) electrons. The van der Waals surface area contributed by atoms with Crippen molar-refractivity contribution in [3.63, 3.8) is 0 Å². The van der Waals surface area contributed by atoms with E-state index in [9.17, 15) is 13.2 Å². The van der Waals surface area contributed by atoms with Gasteiger partial charge in [-0.1, -0.05) is 60.7 Å². The first-order valence-corrected chi connectivity index (χ1v) is 11.1. The Hall–Kier alpha value is -3.22. The first-order valence-electron chi connectivity index (χ1n) is 9.62. The Morgan fingerprint density at radius 1 is 0.867 bits per heavy atom. The highest BCUT2D eigenvalue weighted by Crippen LogP contribution is 2.16. The van der Waals surface area contributed by atoms with Gasteiger partial charge in [-0.15, -0.1) is 0 Å². The molecule has 3 aromatic rings. The molecule has 6 heteroatoms. The third-order valence-corrected chi connectivity index (χ3v) is 5.99. The van der Waals surface area contributed by atoms with Gasteiger partial charge in [0.1, 0.15) is 0 Å². The molecular weight excluding hydrogens is 396 g/mol. The highest BCUT2D eigenvalue weighted by atomic mass is 32.2. The van der Waals surface area contributed by atoms with Crippen molar-refractivity contribution in [3.8, 4) is 0 Å². The summed E-state index contributed by atoms with van der Waals surface area (Å²) in [6, 6.07) is 25.4. The fraction of sp³-hybridized carbons (Fsp3) is 0.125. The molecule has 0 atom stereocenters. The monoisotopic (exact) mass is 420 g/mol. The number of carbonyl (C=O) groups is 1. The van der Waals surface area contributed by atoms with Gasteiger partial charge in [-0.3, -0.25) is 4.79 Å².